The van der Waals surface area contributed by atoms with Gasteiger partial charge < -0.3 is 5.11 Å². The normalized spacial score (nSPS) is 24.4. The van der Waals surface area contributed by atoms with Crippen molar-refractivity contribution < 1.29 is 10.0 Å². The molecule has 6 heteroatoms. The molecule has 0 radical (unpaired) electrons. The van der Waals surface area contributed by atoms with Gasteiger partial charge in [-0.3, -0.25) is 15.0 Å². The van der Waals surface area contributed by atoms with Crippen LogP contribution in [0.5, 0.6) is 0 Å². The largest absolute Gasteiger partial charge is 0.389 e. The van der Waals surface area contributed by atoms with E-state index in [1.807, 2.05) is 13.0 Å². The molecule has 1 N–H and O–H groups in total. The van der Waals surface area contributed by atoms with Crippen molar-refractivity contribution in [2.24, 2.45) is 0 Å². The van der Waals surface area contributed by atoms with E-state index in [-0.39, 0.29) is 5.69 Å². The van der Waals surface area contributed by atoms with Crippen LogP contribution in [0.4, 0.5) is 5.69 Å². The van der Waals surface area contributed by atoms with Crippen molar-refractivity contribution in [2.45, 2.75) is 25.5 Å². The van der Waals surface area contributed by atoms with E-state index in [0.29, 0.717) is 17.6 Å². The van der Waals surface area contributed by atoms with Crippen LogP contribution in [0.1, 0.15) is 18.9 Å². The summed E-state index contributed by atoms with van der Waals surface area (Å²) in [5.41, 5.74) is 0.336. The summed E-state index contributed by atoms with van der Waals surface area (Å²) < 4.78 is 0.490. The Morgan fingerprint density at radius 3 is 2.89 bits per heavy atom. The highest BCUT2D eigenvalue weighted by molar-refractivity contribution is 9.10. The molecule has 0 amide bonds. The maximum atomic E-state index is 10.8. The summed E-state index contributed by atoms with van der Waals surface area (Å²) in [5, 5.41) is 20.7. The van der Waals surface area contributed by atoms with Crippen molar-refractivity contribution in [3.05, 3.63) is 38.3 Å². The zero-order valence-corrected chi connectivity index (χ0v) is 11.7. The minimum Gasteiger partial charge on any atom is -0.389 e. The first-order valence-corrected chi connectivity index (χ1v) is 6.54. The van der Waals surface area contributed by atoms with Crippen LogP contribution in [0.25, 0.3) is 0 Å². The summed E-state index contributed by atoms with van der Waals surface area (Å²) in [7, 11) is 0. The molecule has 18 heavy (non-hydrogen) atoms. The van der Waals surface area contributed by atoms with E-state index in [4.69, 9.17) is 0 Å². The maximum Gasteiger partial charge on any atom is 0.283 e. The van der Waals surface area contributed by atoms with Gasteiger partial charge in [-0.1, -0.05) is 6.07 Å². The highest BCUT2D eigenvalue weighted by Gasteiger charge is 2.31. The summed E-state index contributed by atoms with van der Waals surface area (Å²) in [6, 6.07) is 5.14. The molecule has 0 bridgehead atoms. The summed E-state index contributed by atoms with van der Waals surface area (Å²) >= 11 is 3.17. The summed E-state index contributed by atoms with van der Waals surface area (Å²) in [5.74, 6) is 0. The summed E-state index contributed by atoms with van der Waals surface area (Å²) in [4.78, 5) is 12.5. The van der Waals surface area contributed by atoms with E-state index >= 15 is 0 Å². The van der Waals surface area contributed by atoms with Gasteiger partial charge in [0.05, 0.1) is 15.0 Å². The first kappa shape index (κ1) is 13.5. The Kier molecular flexibility index (Phi) is 3.70. The van der Waals surface area contributed by atoms with Crippen molar-refractivity contribution in [3.63, 3.8) is 0 Å². The monoisotopic (exact) mass is 314 g/mol. The number of hydrogen-bond donors (Lipinski definition) is 1. The Hall–Kier alpha value is -0.980. The average molecular weight is 315 g/mol. The SMILES string of the molecule is CC1(O)CCN(Cc2ccc(Br)c([N+](=O)[O-])c2)C1. The standard InChI is InChI=1S/C12H15BrN2O3/c1-12(16)4-5-14(8-12)7-9-2-3-10(13)11(6-9)15(17)18/h2-3,6,16H,4-5,7-8H2,1H3. The van der Waals surface area contributed by atoms with Gasteiger partial charge in [-0.15, -0.1) is 0 Å². The topological polar surface area (TPSA) is 66.6 Å². The molecule has 1 aromatic rings. The maximum absolute atomic E-state index is 10.8. The molecule has 1 aliphatic heterocycles. The van der Waals surface area contributed by atoms with Gasteiger partial charge in [0.1, 0.15) is 0 Å². The van der Waals surface area contributed by atoms with Gasteiger partial charge in [0.2, 0.25) is 0 Å². The molecule has 1 aliphatic rings. The lowest BCUT2D eigenvalue weighted by Crippen LogP contribution is -2.29. The van der Waals surface area contributed by atoms with Gasteiger partial charge in [-0.25, -0.2) is 0 Å². The highest BCUT2D eigenvalue weighted by Crippen LogP contribution is 2.27. The minimum absolute atomic E-state index is 0.0819. The number of nitrogens with zero attached hydrogens (tertiary/aromatic N) is 2. The van der Waals surface area contributed by atoms with Crippen LogP contribution in [0.3, 0.4) is 0 Å². The van der Waals surface area contributed by atoms with Gasteiger partial charge >= 0.3 is 0 Å². The second-order valence-corrected chi connectivity index (χ2v) is 5.85. The quantitative estimate of drug-likeness (QED) is 0.686. The predicted octanol–water partition coefficient (Wildman–Crippen LogP) is 2.31. The molecule has 1 saturated heterocycles. The van der Waals surface area contributed by atoms with Crippen LogP contribution >= 0.6 is 15.9 Å². The van der Waals surface area contributed by atoms with Crippen LogP contribution in [0.2, 0.25) is 0 Å². The van der Waals surface area contributed by atoms with Crippen LogP contribution in [-0.4, -0.2) is 33.6 Å². The van der Waals surface area contributed by atoms with Gasteiger partial charge in [0.15, 0.2) is 0 Å². The molecule has 0 spiro atoms. The number of nitro groups is 1. The first-order valence-electron chi connectivity index (χ1n) is 5.75. The summed E-state index contributed by atoms with van der Waals surface area (Å²) in [6.45, 7) is 3.87. The van der Waals surface area contributed by atoms with E-state index in [2.05, 4.69) is 20.8 Å². The van der Waals surface area contributed by atoms with Crippen molar-refractivity contribution in [1.82, 2.24) is 4.90 Å². The van der Waals surface area contributed by atoms with Gasteiger partial charge in [0, 0.05) is 25.7 Å². The molecule has 5 nitrogen and oxygen atoms in total. The smallest absolute Gasteiger partial charge is 0.283 e. The van der Waals surface area contributed by atoms with Crippen LogP contribution in [0, 0.1) is 10.1 Å². The molecular formula is C12H15BrN2O3. The zero-order valence-electron chi connectivity index (χ0n) is 10.1. The first-order chi connectivity index (χ1) is 8.37. The molecule has 0 aliphatic carbocycles. The van der Waals surface area contributed by atoms with E-state index < -0.39 is 10.5 Å². The number of benzene rings is 1. The Morgan fingerprint density at radius 1 is 1.61 bits per heavy atom. The lowest BCUT2D eigenvalue weighted by atomic mass is 10.1. The molecule has 1 fully saturated rings. The van der Waals surface area contributed by atoms with Gasteiger partial charge in [0.25, 0.3) is 5.69 Å². The molecule has 1 heterocycles. The molecule has 0 saturated carbocycles. The third-order valence-corrected chi connectivity index (χ3v) is 3.81. The van der Waals surface area contributed by atoms with Crippen molar-refractivity contribution >= 4 is 21.6 Å². The number of likely N-dealkylation sites (tertiary alicyclic amines) is 1. The fraction of sp³-hybridized carbons (Fsp3) is 0.500. The number of rotatable bonds is 3. The third-order valence-electron chi connectivity index (χ3n) is 3.14. The molecule has 98 valence electrons. The number of aliphatic hydroxyl groups is 1. The van der Waals surface area contributed by atoms with Crippen molar-refractivity contribution in [2.75, 3.05) is 13.1 Å². The van der Waals surface area contributed by atoms with Crippen molar-refractivity contribution in [1.29, 1.82) is 0 Å². The Labute approximate surface area is 114 Å². The number of hydrogen-bond acceptors (Lipinski definition) is 4. The molecule has 1 aromatic carbocycles. The lowest BCUT2D eigenvalue weighted by molar-refractivity contribution is -0.385. The molecule has 2 rings (SSSR count). The second-order valence-electron chi connectivity index (χ2n) is 5.00. The average Bonchev–Trinajstić information content (AvgIpc) is 2.60. The lowest BCUT2D eigenvalue weighted by Gasteiger charge is -2.18. The van der Waals surface area contributed by atoms with E-state index in [0.717, 1.165) is 18.5 Å². The number of nitro benzene ring substituents is 1. The van der Waals surface area contributed by atoms with Crippen molar-refractivity contribution in [3.8, 4) is 0 Å². The van der Waals surface area contributed by atoms with Gasteiger partial charge in [-0.05, 0) is 40.9 Å². The highest BCUT2D eigenvalue weighted by atomic mass is 79.9. The second kappa shape index (κ2) is 4.95. The Balaban J connectivity index is 2.11. The molecule has 0 aromatic heterocycles. The number of β-amino-alcohol motifs (C(OH)–C–C–N with tert-alkyl or cyclic N) is 1. The van der Waals surface area contributed by atoms with E-state index in [1.54, 1.807) is 12.1 Å². The minimum atomic E-state index is -0.638. The van der Waals surface area contributed by atoms with Crippen LogP contribution in [-0.2, 0) is 6.54 Å². The fourth-order valence-corrected chi connectivity index (χ4v) is 2.62. The molecule has 1 unspecified atom stereocenters. The number of halogens is 1. The van der Waals surface area contributed by atoms with E-state index in [9.17, 15) is 15.2 Å². The Morgan fingerprint density at radius 2 is 2.33 bits per heavy atom. The summed E-state index contributed by atoms with van der Waals surface area (Å²) in [6.07, 6.45) is 0.742. The fourth-order valence-electron chi connectivity index (χ4n) is 2.23. The van der Waals surface area contributed by atoms with Gasteiger partial charge in [-0.2, -0.15) is 0 Å². The van der Waals surface area contributed by atoms with E-state index in [1.165, 1.54) is 0 Å². The molecular weight excluding hydrogens is 300 g/mol. The van der Waals surface area contributed by atoms with Crippen LogP contribution < -0.4 is 0 Å². The third kappa shape index (κ3) is 3.07. The zero-order chi connectivity index (χ0) is 13.3. The van der Waals surface area contributed by atoms with Crippen LogP contribution in [0.15, 0.2) is 22.7 Å². The Bertz CT molecular complexity index is 476. The predicted molar refractivity (Wildman–Crippen MR) is 71.3 cm³/mol. The molecule has 1 atom stereocenters.